The number of hydrogen-bond donors (Lipinski definition) is 2. The van der Waals surface area contributed by atoms with Crippen molar-refractivity contribution in [3.05, 3.63) is 59.4 Å². The Labute approximate surface area is 215 Å². The minimum absolute atomic E-state index is 0.00740. The van der Waals surface area contributed by atoms with E-state index in [4.69, 9.17) is 4.74 Å². The number of benzene rings is 1. The maximum Gasteiger partial charge on any atom is 0.270 e. The van der Waals surface area contributed by atoms with E-state index in [1.54, 1.807) is 30.1 Å². The summed E-state index contributed by atoms with van der Waals surface area (Å²) in [5, 5.41) is 7.40. The molecule has 3 aromatic rings. The van der Waals surface area contributed by atoms with Crippen LogP contribution in [0.25, 0.3) is 11.4 Å². The van der Waals surface area contributed by atoms with Crippen molar-refractivity contribution >= 4 is 15.9 Å². The zero-order valence-corrected chi connectivity index (χ0v) is 21.9. The molecule has 10 nitrogen and oxygen atoms in total. The molecule has 37 heavy (non-hydrogen) atoms. The highest BCUT2D eigenvalue weighted by Crippen LogP contribution is 2.26. The van der Waals surface area contributed by atoms with Gasteiger partial charge in [0.25, 0.3) is 5.91 Å². The summed E-state index contributed by atoms with van der Waals surface area (Å²) in [5.74, 6) is 0.161. The summed E-state index contributed by atoms with van der Waals surface area (Å²) >= 11 is 0. The van der Waals surface area contributed by atoms with Crippen molar-refractivity contribution in [1.29, 1.82) is 0 Å². The highest BCUT2D eigenvalue weighted by Gasteiger charge is 2.24. The van der Waals surface area contributed by atoms with Gasteiger partial charge in [0.15, 0.2) is 17.4 Å². The first-order chi connectivity index (χ1) is 17.6. The van der Waals surface area contributed by atoms with E-state index in [1.807, 2.05) is 6.07 Å². The van der Waals surface area contributed by atoms with Crippen molar-refractivity contribution in [3.63, 3.8) is 0 Å². The van der Waals surface area contributed by atoms with Gasteiger partial charge in [0.2, 0.25) is 10.0 Å². The summed E-state index contributed by atoms with van der Waals surface area (Å²) in [6.07, 6.45) is 6.27. The van der Waals surface area contributed by atoms with Gasteiger partial charge in [-0.05, 0) is 68.4 Å². The number of amides is 1. The summed E-state index contributed by atoms with van der Waals surface area (Å²) in [7, 11) is -1.81. The second-order valence-corrected chi connectivity index (χ2v) is 11.2. The summed E-state index contributed by atoms with van der Waals surface area (Å²) < 4.78 is 46.0. The van der Waals surface area contributed by atoms with Crippen molar-refractivity contribution in [1.82, 2.24) is 29.8 Å². The average molecular weight is 531 g/mol. The van der Waals surface area contributed by atoms with E-state index < -0.39 is 15.8 Å². The molecule has 0 atom stereocenters. The number of rotatable bonds is 9. The zero-order chi connectivity index (χ0) is 26.6. The molecule has 0 saturated heterocycles. The number of aromatic nitrogens is 4. The fourth-order valence-corrected chi connectivity index (χ4v) is 5.39. The molecule has 2 aromatic heterocycles. The second kappa shape index (κ2) is 11.3. The first-order valence-corrected chi connectivity index (χ1v) is 13.9. The number of pyridine rings is 1. The van der Waals surface area contributed by atoms with E-state index in [-0.39, 0.29) is 29.9 Å². The summed E-state index contributed by atoms with van der Waals surface area (Å²) in [4.78, 5) is 21.6. The Bertz CT molecular complexity index is 1370. The first kappa shape index (κ1) is 26.7. The van der Waals surface area contributed by atoms with Crippen molar-refractivity contribution in [2.45, 2.75) is 51.7 Å². The van der Waals surface area contributed by atoms with Gasteiger partial charge in [-0.2, -0.15) is 5.10 Å². The van der Waals surface area contributed by atoms with Crippen LogP contribution in [0.1, 0.15) is 47.4 Å². The molecular formula is C25H31FN6O4S. The molecule has 1 amide bonds. The minimum atomic E-state index is -3.19. The quantitative estimate of drug-likeness (QED) is 0.435. The number of aryl methyl sites for hydroxylation is 1. The molecule has 2 N–H and O–H groups in total. The van der Waals surface area contributed by atoms with Crippen LogP contribution >= 0.6 is 0 Å². The fourth-order valence-electron chi connectivity index (χ4n) is 4.55. The molecule has 0 spiro atoms. The first-order valence-electron chi connectivity index (χ1n) is 12.1. The van der Waals surface area contributed by atoms with Crippen LogP contribution in [0, 0.1) is 18.7 Å². The lowest BCUT2D eigenvalue weighted by atomic mass is 9.86. The molecule has 2 heterocycles. The maximum atomic E-state index is 13.6. The molecule has 12 heteroatoms. The number of sulfonamides is 1. The lowest BCUT2D eigenvalue weighted by Gasteiger charge is -2.28. The molecule has 0 aliphatic heterocycles. The SMILES string of the molecule is COc1cc(CNC(=O)c2cc(-c3ncn(CC4CCC(NS(C)(=O)=O)CC4)n3)cc(C)n2)ccc1F. The number of nitrogens with zero attached hydrogens (tertiary/aromatic N) is 4. The Kier molecular flexibility index (Phi) is 8.18. The van der Waals surface area contributed by atoms with Crippen molar-refractivity contribution in [3.8, 4) is 17.1 Å². The van der Waals surface area contributed by atoms with Gasteiger partial charge in [-0.1, -0.05) is 6.07 Å². The predicted octanol–water partition coefficient (Wildman–Crippen LogP) is 2.83. The molecule has 0 unspecified atom stereocenters. The van der Waals surface area contributed by atoms with Crippen LogP contribution in [0.2, 0.25) is 0 Å². The third-order valence-electron chi connectivity index (χ3n) is 6.32. The number of ether oxygens (including phenoxy) is 1. The molecule has 4 rings (SSSR count). The average Bonchev–Trinajstić information content (AvgIpc) is 3.32. The van der Waals surface area contributed by atoms with Crippen LogP contribution in [0.3, 0.4) is 0 Å². The van der Waals surface area contributed by atoms with Crippen molar-refractivity contribution in [2.75, 3.05) is 13.4 Å². The second-order valence-electron chi connectivity index (χ2n) is 9.43. The van der Waals surface area contributed by atoms with E-state index in [0.29, 0.717) is 35.1 Å². The number of carbonyl (C=O) groups excluding carboxylic acids is 1. The van der Waals surface area contributed by atoms with Gasteiger partial charge in [-0.25, -0.2) is 27.5 Å². The topological polar surface area (TPSA) is 128 Å². The summed E-state index contributed by atoms with van der Waals surface area (Å²) in [5.41, 5.74) is 2.26. The van der Waals surface area contributed by atoms with E-state index in [2.05, 4.69) is 25.1 Å². The smallest absolute Gasteiger partial charge is 0.270 e. The molecule has 0 radical (unpaired) electrons. The number of hydrogen-bond acceptors (Lipinski definition) is 7. The molecular weight excluding hydrogens is 499 g/mol. The highest BCUT2D eigenvalue weighted by atomic mass is 32.2. The van der Waals surface area contributed by atoms with E-state index in [1.165, 1.54) is 25.5 Å². The fraction of sp³-hybridized carbons (Fsp3) is 0.440. The highest BCUT2D eigenvalue weighted by molar-refractivity contribution is 7.88. The monoisotopic (exact) mass is 530 g/mol. The molecule has 198 valence electrons. The number of carbonyl (C=O) groups is 1. The van der Waals surface area contributed by atoms with Crippen LogP contribution in [0.5, 0.6) is 5.75 Å². The molecule has 1 aliphatic carbocycles. The third-order valence-corrected chi connectivity index (χ3v) is 7.08. The Morgan fingerprint density at radius 3 is 2.65 bits per heavy atom. The standard InChI is InChI=1S/C25H31FN6O4S/c1-16-10-19(12-22(29-16)25(33)27-13-18-6-9-21(26)23(11-18)36-2)24-28-15-32(30-24)14-17-4-7-20(8-5-17)31-37(3,34)35/h6,9-12,15,17,20,31H,4-5,7-8,13-14H2,1-3H3,(H,27,33). The zero-order valence-electron chi connectivity index (χ0n) is 21.1. The van der Waals surface area contributed by atoms with E-state index in [9.17, 15) is 17.6 Å². The molecule has 1 saturated carbocycles. The largest absolute Gasteiger partial charge is 0.494 e. The van der Waals surface area contributed by atoms with Crippen molar-refractivity contribution in [2.24, 2.45) is 5.92 Å². The number of methoxy groups -OCH3 is 1. The van der Waals surface area contributed by atoms with Gasteiger partial charge in [-0.3, -0.25) is 9.48 Å². The van der Waals surface area contributed by atoms with Crippen molar-refractivity contribution < 1.29 is 22.3 Å². The predicted molar refractivity (Wildman–Crippen MR) is 136 cm³/mol. The van der Waals surface area contributed by atoms with Gasteiger partial charge < -0.3 is 10.1 Å². The molecule has 0 bridgehead atoms. The lowest BCUT2D eigenvalue weighted by molar-refractivity contribution is 0.0945. The lowest BCUT2D eigenvalue weighted by Crippen LogP contribution is -2.37. The number of nitrogens with one attached hydrogen (secondary N) is 2. The molecule has 1 fully saturated rings. The molecule has 1 aromatic carbocycles. The Morgan fingerprint density at radius 1 is 1.19 bits per heavy atom. The normalized spacial score (nSPS) is 17.9. The van der Waals surface area contributed by atoms with Gasteiger partial charge in [0.05, 0.1) is 13.4 Å². The summed E-state index contributed by atoms with van der Waals surface area (Å²) in [6, 6.07) is 7.88. The van der Waals surface area contributed by atoms with Crippen LogP contribution < -0.4 is 14.8 Å². The van der Waals surface area contributed by atoms with Crippen LogP contribution in [-0.4, -0.2) is 53.5 Å². The third kappa shape index (κ3) is 7.32. The van der Waals surface area contributed by atoms with Gasteiger partial charge in [0, 0.05) is 30.4 Å². The van der Waals surface area contributed by atoms with Gasteiger partial charge >= 0.3 is 0 Å². The summed E-state index contributed by atoms with van der Waals surface area (Å²) in [6.45, 7) is 2.68. The number of halogens is 1. The molecule has 1 aliphatic rings. The van der Waals surface area contributed by atoms with Crippen LogP contribution in [0.15, 0.2) is 36.7 Å². The Hall–Kier alpha value is -3.38. The van der Waals surface area contributed by atoms with Gasteiger partial charge in [0.1, 0.15) is 12.0 Å². The van der Waals surface area contributed by atoms with Crippen LogP contribution in [0.4, 0.5) is 4.39 Å². The van der Waals surface area contributed by atoms with E-state index >= 15 is 0 Å². The van der Waals surface area contributed by atoms with Crippen LogP contribution in [-0.2, 0) is 23.1 Å². The minimum Gasteiger partial charge on any atom is -0.494 e. The Balaban J connectivity index is 1.38. The maximum absolute atomic E-state index is 13.6. The van der Waals surface area contributed by atoms with Gasteiger partial charge in [-0.15, -0.1) is 0 Å². The Morgan fingerprint density at radius 2 is 1.95 bits per heavy atom. The van der Waals surface area contributed by atoms with E-state index in [0.717, 1.165) is 25.7 Å².